The van der Waals surface area contributed by atoms with Crippen LogP contribution in [-0.2, 0) is 9.59 Å². The number of hydrogen-bond donors (Lipinski definition) is 1. The van der Waals surface area contributed by atoms with E-state index in [0.717, 1.165) is 4.88 Å². The topological polar surface area (TPSA) is 81.7 Å². The van der Waals surface area contributed by atoms with Crippen LogP contribution in [0.5, 0.6) is 11.5 Å². The molecular weight excluding hydrogens is 366 g/mol. The average molecular weight is 389 g/mol. The Morgan fingerprint density at radius 2 is 1.63 bits per heavy atom. The Kier molecular flexibility index (Phi) is 7.55. The van der Waals surface area contributed by atoms with Gasteiger partial charge in [-0.05, 0) is 31.2 Å². The van der Waals surface area contributed by atoms with Crippen LogP contribution < -0.4 is 14.8 Å². The molecule has 2 rings (SSSR count). The van der Waals surface area contributed by atoms with Gasteiger partial charge in [0, 0.05) is 42.3 Å². The summed E-state index contributed by atoms with van der Waals surface area (Å²) in [6.45, 7) is 1.93. The fourth-order valence-electron chi connectivity index (χ4n) is 2.48. The molecule has 0 aliphatic carbocycles. The van der Waals surface area contributed by atoms with Crippen LogP contribution in [-0.4, -0.2) is 31.7 Å². The van der Waals surface area contributed by atoms with Crippen LogP contribution in [0.3, 0.4) is 0 Å². The molecule has 0 spiro atoms. The highest BCUT2D eigenvalue weighted by molar-refractivity contribution is 7.14. The first kappa shape index (κ1) is 20.6. The summed E-state index contributed by atoms with van der Waals surface area (Å²) in [5, 5.41) is 2.72. The standard InChI is InChI=1S/C20H23NO5S/c1-13-4-10-19(27-13)16(23)8-6-15(22)7-11-20(24)21-14-5-9-17(25-2)18(12-14)26-3/h4-5,9-10,12H,6-8,11H2,1-3H3,(H,21,24). The molecule has 0 saturated heterocycles. The van der Waals surface area contributed by atoms with Gasteiger partial charge in [0.05, 0.1) is 19.1 Å². The zero-order chi connectivity index (χ0) is 19.8. The van der Waals surface area contributed by atoms with Gasteiger partial charge < -0.3 is 14.8 Å². The fraction of sp³-hybridized carbons (Fsp3) is 0.350. The quantitative estimate of drug-likeness (QED) is 0.621. The second kappa shape index (κ2) is 9.87. The number of amides is 1. The number of ether oxygens (including phenoxy) is 2. The molecule has 1 N–H and O–H groups in total. The number of nitrogens with one attached hydrogen (secondary N) is 1. The number of ketones is 2. The molecule has 0 fully saturated rings. The summed E-state index contributed by atoms with van der Waals surface area (Å²) in [5.41, 5.74) is 0.563. The van der Waals surface area contributed by atoms with Gasteiger partial charge in [0.25, 0.3) is 0 Å². The summed E-state index contributed by atoms with van der Waals surface area (Å²) in [7, 11) is 3.05. The van der Waals surface area contributed by atoms with E-state index in [2.05, 4.69) is 5.32 Å². The van der Waals surface area contributed by atoms with Crippen molar-refractivity contribution in [2.24, 2.45) is 0 Å². The molecule has 7 heteroatoms. The van der Waals surface area contributed by atoms with Gasteiger partial charge in [0.15, 0.2) is 17.3 Å². The number of thiophene rings is 1. The Labute approximate surface area is 162 Å². The van der Waals surface area contributed by atoms with Crippen molar-refractivity contribution in [2.75, 3.05) is 19.5 Å². The molecule has 1 aromatic carbocycles. The van der Waals surface area contributed by atoms with Crippen LogP contribution in [0.4, 0.5) is 5.69 Å². The number of carbonyl (C=O) groups excluding carboxylic acids is 3. The van der Waals surface area contributed by atoms with Crippen LogP contribution in [0.25, 0.3) is 0 Å². The third-order valence-corrected chi connectivity index (χ3v) is 4.99. The number of benzene rings is 1. The number of anilines is 1. The Morgan fingerprint density at radius 1 is 0.926 bits per heavy atom. The van der Waals surface area contributed by atoms with E-state index in [0.29, 0.717) is 22.1 Å². The van der Waals surface area contributed by atoms with Crippen molar-refractivity contribution in [1.82, 2.24) is 0 Å². The van der Waals surface area contributed by atoms with E-state index in [1.807, 2.05) is 13.0 Å². The number of aryl methyl sites for hydroxylation is 1. The van der Waals surface area contributed by atoms with Crippen molar-refractivity contribution in [3.05, 3.63) is 40.1 Å². The van der Waals surface area contributed by atoms with Crippen LogP contribution >= 0.6 is 11.3 Å². The summed E-state index contributed by atoms with van der Waals surface area (Å²) >= 11 is 1.43. The van der Waals surface area contributed by atoms with E-state index >= 15 is 0 Å². The molecular formula is C20H23NO5S. The second-order valence-corrected chi connectivity index (χ2v) is 7.28. The zero-order valence-corrected chi connectivity index (χ0v) is 16.5. The highest BCUT2D eigenvalue weighted by Gasteiger charge is 2.13. The summed E-state index contributed by atoms with van der Waals surface area (Å²) in [5.74, 6) is 0.677. The summed E-state index contributed by atoms with van der Waals surface area (Å²) in [4.78, 5) is 37.7. The van der Waals surface area contributed by atoms with Crippen molar-refractivity contribution in [1.29, 1.82) is 0 Å². The first-order valence-electron chi connectivity index (χ1n) is 8.56. The predicted octanol–water partition coefficient (Wildman–Crippen LogP) is 4.02. The first-order valence-corrected chi connectivity index (χ1v) is 9.37. The van der Waals surface area contributed by atoms with Gasteiger partial charge >= 0.3 is 0 Å². The van der Waals surface area contributed by atoms with E-state index in [1.54, 1.807) is 24.3 Å². The third-order valence-electron chi connectivity index (χ3n) is 3.94. The maximum atomic E-state index is 12.0. The largest absolute Gasteiger partial charge is 0.493 e. The van der Waals surface area contributed by atoms with Gasteiger partial charge in [-0.15, -0.1) is 11.3 Å². The van der Waals surface area contributed by atoms with Crippen molar-refractivity contribution in [3.63, 3.8) is 0 Å². The van der Waals surface area contributed by atoms with Gasteiger partial charge in [-0.1, -0.05) is 0 Å². The molecule has 0 atom stereocenters. The van der Waals surface area contributed by atoms with E-state index in [9.17, 15) is 14.4 Å². The Balaban J connectivity index is 1.76. The molecule has 1 amide bonds. The third kappa shape index (κ3) is 6.21. The lowest BCUT2D eigenvalue weighted by Gasteiger charge is -2.10. The van der Waals surface area contributed by atoms with Gasteiger partial charge in [-0.25, -0.2) is 0 Å². The molecule has 1 aromatic heterocycles. The van der Waals surface area contributed by atoms with Crippen molar-refractivity contribution in [3.8, 4) is 11.5 Å². The molecule has 2 aromatic rings. The lowest BCUT2D eigenvalue weighted by atomic mass is 10.1. The SMILES string of the molecule is COc1ccc(NC(=O)CCC(=O)CCC(=O)c2ccc(C)s2)cc1OC. The van der Waals surface area contributed by atoms with E-state index in [4.69, 9.17) is 9.47 Å². The van der Waals surface area contributed by atoms with Crippen LogP contribution in [0.15, 0.2) is 30.3 Å². The zero-order valence-electron chi connectivity index (χ0n) is 15.7. The molecule has 144 valence electrons. The van der Waals surface area contributed by atoms with Gasteiger partial charge in [0.2, 0.25) is 5.91 Å². The molecule has 0 bridgehead atoms. The molecule has 1 heterocycles. The Morgan fingerprint density at radius 3 is 2.26 bits per heavy atom. The van der Waals surface area contributed by atoms with Crippen LogP contribution in [0.2, 0.25) is 0 Å². The fourth-order valence-corrected chi connectivity index (χ4v) is 3.31. The minimum Gasteiger partial charge on any atom is -0.493 e. The average Bonchev–Trinajstić information content (AvgIpc) is 3.10. The molecule has 0 aliphatic heterocycles. The van der Waals surface area contributed by atoms with Crippen molar-refractivity contribution >= 4 is 34.5 Å². The molecule has 0 radical (unpaired) electrons. The number of hydrogen-bond acceptors (Lipinski definition) is 6. The lowest BCUT2D eigenvalue weighted by Crippen LogP contribution is -2.14. The first-order chi connectivity index (χ1) is 12.9. The van der Waals surface area contributed by atoms with Crippen LogP contribution in [0.1, 0.15) is 40.2 Å². The summed E-state index contributed by atoms with van der Waals surface area (Å²) in [6, 6.07) is 8.71. The van der Waals surface area contributed by atoms with Gasteiger partial charge in [-0.3, -0.25) is 14.4 Å². The lowest BCUT2D eigenvalue weighted by molar-refractivity contribution is -0.122. The highest BCUT2D eigenvalue weighted by atomic mass is 32.1. The van der Waals surface area contributed by atoms with E-state index in [-0.39, 0.29) is 43.2 Å². The Hall–Kier alpha value is -2.67. The number of rotatable bonds is 10. The minimum atomic E-state index is -0.268. The van der Waals surface area contributed by atoms with Crippen molar-refractivity contribution < 1.29 is 23.9 Å². The Bertz CT molecular complexity index is 828. The summed E-state index contributed by atoms with van der Waals surface area (Å²) in [6.07, 6.45) is 0.505. The second-order valence-electron chi connectivity index (χ2n) is 5.99. The van der Waals surface area contributed by atoms with E-state index < -0.39 is 0 Å². The molecule has 6 nitrogen and oxygen atoms in total. The van der Waals surface area contributed by atoms with Crippen LogP contribution in [0, 0.1) is 6.92 Å². The monoisotopic (exact) mass is 389 g/mol. The molecule has 0 unspecified atom stereocenters. The number of methoxy groups -OCH3 is 2. The summed E-state index contributed by atoms with van der Waals surface area (Å²) < 4.78 is 10.3. The smallest absolute Gasteiger partial charge is 0.224 e. The molecule has 0 aliphatic rings. The normalized spacial score (nSPS) is 10.3. The van der Waals surface area contributed by atoms with E-state index in [1.165, 1.54) is 25.6 Å². The number of carbonyl (C=O) groups is 3. The predicted molar refractivity (Wildman–Crippen MR) is 105 cm³/mol. The molecule has 0 saturated carbocycles. The maximum Gasteiger partial charge on any atom is 0.224 e. The molecule has 27 heavy (non-hydrogen) atoms. The van der Waals surface area contributed by atoms with Gasteiger partial charge in [-0.2, -0.15) is 0 Å². The van der Waals surface area contributed by atoms with Gasteiger partial charge in [0.1, 0.15) is 5.78 Å². The highest BCUT2D eigenvalue weighted by Crippen LogP contribution is 2.29. The number of Topliss-reactive ketones (excluding diaryl/α,β-unsaturated/α-hetero) is 2. The maximum absolute atomic E-state index is 12.0. The van der Waals surface area contributed by atoms with Crippen molar-refractivity contribution in [2.45, 2.75) is 32.6 Å². The minimum absolute atomic E-state index is 0.0313.